The summed E-state index contributed by atoms with van der Waals surface area (Å²) < 4.78 is 5.56. The Morgan fingerprint density at radius 2 is 1.81 bits per heavy atom. The summed E-state index contributed by atoms with van der Waals surface area (Å²) in [6, 6.07) is 6.25. The van der Waals surface area contributed by atoms with E-state index in [1.165, 1.54) is 5.56 Å². The highest BCUT2D eigenvalue weighted by Crippen LogP contribution is 2.20. The molecule has 16 heavy (non-hydrogen) atoms. The largest absolute Gasteiger partial charge is 0.392 e. The summed E-state index contributed by atoms with van der Waals surface area (Å²) in [5, 5.41) is 9.33. The van der Waals surface area contributed by atoms with Crippen LogP contribution in [0.15, 0.2) is 18.2 Å². The molecule has 2 heteroatoms. The average molecular weight is 222 g/mol. The van der Waals surface area contributed by atoms with Gasteiger partial charge in [-0.1, -0.05) is 32.0 Å². The van der Waals surface area contributed by atoms with Crippen LogP contribution in [-0.4, -0.2) is 11.2 Å². The molecule has 0 radical (unpaired) electrons. The summed E-state index contributed by atoms with van der Waals surface area (Å²) in [5.41, 5.74) is 3.32. The fourth-order valence-corrected chi connectivity index (χ4v) is 1.55. The highest BCUT2D eigenvalue weighted by atomic mass is 16.5. The molecule has 1 aromatic carbocycles. The molecule has 0 saturated heterocycles. The third kappa shape index (κ3) is 3.62. The minimum Gasteiger partial charge on any atom is -0.392 e. The van der Waals surface area contributed by atoms with Crippen molar-refractivity contribution in [2.75, 3.05) is 0 Å². The van der Waals surface area contributed by atoms with Gasteiger partial charge in [0.2, 0.25) is 0 Å². The summed E-state index contributed by atoms with van der Waals surface area (Å²) >= 11 is 0. The molecule has 0 unspecified atom stereocenters. The number of rotatable bonds is 5. The molecular weight excluding hydrogens is 200 g/mol. The quantitative estimate of drug-likeness (QED) is 0.828. The van der Waals surface area contributed by atoms with Crippen LogP contribution in [0.3, 0.4) is 0 Å². The number of aliphatic hydroxyl groups excluding tert-OH is 1. The third-order valence-corrected chi connectivity index (χ3v) is 2.64. The number of hydrogen-bond acceptors (Lipinski definition) is 2. The van der Waals surface area contributed by atoms with Gasteiger partial charge in [-0.3, -0.25) is 0 Å². The molecular formula is C14H22O2. The number of aliphatic hydroxyl groups is 1. The molecule has 1 rings (SSSR count). The van der Waals surface area contributed by atoms with E-state index in [9.17, 15) is 5.11 Å². The molecule has 0 atom stereocenters. The molecule has 0 fully saturated rings. The van der Waals surface area contributed by atoms with Gasteiger partial charge < -0.3 is 9.84 Å². The maximum Gasteiger partial charge on any atom is 0.0723 e. The van der Waals surface area contributed by atoms with Gasteiger partial charge in [0.05, 0.1) is 19.3 Å². The Morgan fingerprint density at radius 1 is 1.12 bits per heavy atom. The zero-order chi connectivity index (χ0) is 12.1. The van der Waals surface area contributed by atoms with Crippen molar-refractivity contribution >= 4 is 0 Å². The molecule has 0 amide bonds. The predicted molar refractivity (Wildman–Crippen MR) is 66.4 cm³/mol. The van der Waals surface area contributed by atoms with Crippen molar-refractivity contribution in [1.29, 1.82) is 0 Å². The van der Waals surface area contributed by atoms with Gasteiger partial charge in [0, 0.05) is 0 Å². The predicted octanol–water partition coefficient (Wildman–Crippen LogP) is 3.23. The second-order valence-electron chi connectivity index (χ2n) is 4.70. The summed E-state index contributed by atoms with van der Waals surface area (Å²) in [7, 11) is 0. The minimum absolute atomic E-state index is 0.0807. The Labute approximate surface area is 98.3 Å². The molecule has 1 aromatic rings. The first-order chi connectivity index (χ1) is 7.54. The molecule has 0 aromatic heterocycles. The lowest BCUT2D eigenvalue weighted by molar-refractivity contribution is 0.0646. The second kappa shape index (κ2) is 6.02. The fourth-order valence-electron chi connectivity index (χ4n) is 1.55. The molecule has 0 saturated carbocycles. The molecule has 1 N–H and O–H groups in total. The van der Waals surface area contributed by atoms with E-state index in [1.54, 1.807) is 0 Å². The minimum atomic E-state index is 0.0807. The van der Waals surface area contributed by atoms with Crippen molar-refractivity contribution in [1.82, 2.24) is 0 Å². The third-order valence-electron chi connectivity index (χ3n) is 2.64. The van der Waals surface area contributed by atoms with Crippen molar-refractivity contribution in [3.63, 3.8) is 0 Å². The second-order valence-corrected chi connectivity index (χ2v) is 4.70. The van der Waals surface area contributed by atoms with Crippen LogP contribution >= 0.6 is 0 Å². The summed E-state index contributed by atoms with van der Waals surface area (Å²) in [5.74, 6) is 0.491. The number of ether oxygens (including phenoxy) is 1. The Hall–Kier alpha value is -0.860. The van der Waals surface area contributed by atoms with Crippen molar-refractivity contribution in [3.8, 4) is 0 Å². The smallest absolute Gasteiger partial charge is 0.0723 e. The Balaban J connectivity index is 2.84. The van der Waals surface area contributed by atoms with Crippen LogP contribution in [-0.2, 0) is 18.0 Å². The van der Waals surface area contributed by atoms with E-state index in [1.807, 2.05) is 13.8 Å². The van der Waals surface area contributed by atoms with Gasteiger partial charge in [-0.2, -0.15) is 0 Å². The van der Waals surface area contributed by atoms with Gasteiger partial charge in [0.25, 0.3) is 0 Å². The lowest BCUT2D eigenvalue weighted by atomic mass is 9.98. The molecule has 0 aliphatic rings. The monoisotopic (exact) mass is 222 g/mol. The standard InChI is InChI=1S/C14H22O2/c1-10(2)12-5-6-13(9-16-11(3)4)14(7-12)8-15/h5-7,10-11,15H,8-9H2,1-4H3. The molecule has 0 aliphatic heterocycles. The van der Waals surface area contributed by atoms with E-state index >= 15 is 0 Å². The Morgan fingerprint density at radius 3 is 2.31 bits per heavy atom. The van der Waals surface area contributed by atoms with Crippen LogP contribution in [0, 0.1) is 0 Å². The van der Waals surface area contributed by atoms with Gasteiger partial charge >= 0.3 is 0 Å². The van der Waals surface area contributed by atoms with Crippen LogP contribution in [0.2, 0.25) is 0 Å². The van der Waals surface area contributed by atoms with Crippen LogP contribution in [0.5, 0.6) is 0 Å². The maximum atomic E-state index is 9.33. The van der Waals surface area contributed by atoms with Crippen LogP contribution in [0.1, 0.15) is 50.3 Å². The fraction of sp³-hybridized carbons (Fsp3) is 0.571. The van der Waals surface area contributed by atoms with E-state index < -0.39 is 0 Å². The SMILES string of the molecule is CC(C)OCc1ccc(C(C)C)cc1CO. The first kappa shape index (κ1) is 13.2. The van der Waals surface area contributed by atoms with Crippen molar-refractivity contribution in [3.05, 3.63) is 34.9 Å². The molecule has 0 spiro atoms. The van der Waals surface area contributed by atoms with Crippen molar-refractivity contribution in [2.24, 2.45) is 0 Å². The van der Waals surface area contributed by atoms with Gasteiger partial charge in [-0.25, -0.2) is 0 Å². The highest BCUT2D eigenvalue weighted by Gasteiger charge is 2.06. The van der Waals surface area contributed by atoms with Crippen molar-refractivity contribution in [2.45, 2.75) is 52.9 Å². The van der Waals surface area contributed by atoms with E-state index in [0.717, 1.165) is 11.1 Å². The van der Waals surface area contributed by atoms with E-state index in [0.29, 0.717) is 12.5 Å². The van der Waals surface area contributed by atoms with Crippen LogP contribution < -0.4 is 0 Å². The molecule has 2 nitrogen and oxygen atoms in total. The van der Waals surface area contributed by atoms with Crippen molar-refractivity contribution < 1.29 is 9.84 Å². The zero-order valence-corrected chi connectivity index (χ0v) is 10.7. The van der Waals surface area contributed by atoms with Gasteiger partial charge in [0.15, 0.2) is 0 Å². The molecule has 0 heterocycles. The first-order valence-corrected chi connectivity index (χ1v) is 5.88. The van der Waals surface area contributed by atoms with Gasteiger partial charge in [0.1, 0.15) is 0 Å². The Bertz CT molecular complexity index is 330. The lowest BCUT2D eigenvalue weighted by Gasteiger charge is -2.13. The van der Waals surface area contributed by atoms with Crippen LogP contribution in [0.4, 0.5) is 0 Å². The topological polar surface area (TPSA) is 29.5 Å². The van der Waals surface area contributed by atoms with Crippen LogP contribution in [0.25, 0.3) is 0 Å². The molecule has 90 valence electrons. The number of hydrogen-bond donors (Lipinski definition) is 1. The maximum absolute atomic E-state index is 9.33. The Kier molecular flexibility index (Phi) is 4.97. The van der Waals surface area contributed by atoms with E-state index in [2.05, 4.69) is 32.0 Å². The first-order valence-electron chi connectivity index (χ1n) is 5.88. The number of benzene rings is 1. The summed E-state index contributed by atoms with van der Waals surface area (Å²) in [4.78, 5) is 0. The molecule has 0 bridgehead atoms. The zero-order valence-electron chi connectivity index (χ0n) is 10.7. The van der Waals surface area contributed by atoms with E-state index in [4.69, 9.17) is 4.74 Å². The summed E-state index contributed by atoms with van der Waals surface area (Å²) in [6.45, 7) is 8.99. The molecule has 0 aliphatic carbocycles. The van der Waals surface area contributed by atoms with E-state index in [-0.39, 0.29) is 12.7 Å². The summed E-state index contributed by atoms with van der Waals surface area (Å²) in [6.07, 6.45) is 0.219. The van der Waals surface area contributed by atoms with Gasteiger partial charge in [-0.15, -0.1) is 0 Å². The average Bonchev–Trinajstić information content (AvgIpc) is 2.25. The highest BCUT2D eigenvalue weighted by molar-refractivity contribution is 5.32. The van der Waals surface area contributed by atoms with Gasteiger partial charge in [-0.05, 0) is 36.5 Å². The normalized spacial score (nSPS) is 11.4. The lowest BCUT2D eigenvalue weighted by Crippen LogP contribution is -2.05.